The molecular weight excluding hydrogens is 260 g/mol. The van der Waals surface area contributed by atoms with Crippen LogP contribution < -0.4 is 4.90 Å². The van der Waals surface area contributed by atoms with Crippen LogP contribution in [0.1, 0.15) is 12.8 Å². The number of hydrogen-bond acceptors (Lipinski definition) is 2. The minimum atomic E-state index is -0.592. The third-order valence-electron chi connectivity index (χ3n) is 3.31. The summed E-state index contributed by atoms with van der Waals surface area (Å²) in [5.41, 5.74) is 0.0373. The second-order valence-electron chi connectivity index (χ2n) is 4.60. The largest absolute Gasteiger partial charge is 0.384 e. The van der Waals surface area contributed by atoms with E-state index >= 15 is 0 Å². The first-order valence-corrected chi connectivity index (χ1v) is 6.38. The molecule has 0 N–H and O–H groups in total. The van der Waals surface area contributed by atoms with Crippen molar-refractivity contribution in [2.75, 3.05) is 31.7 Å². The Labute approximate surface area is 110 Å². The van der Waals surface area contributed by atoms with Crippen LogP contribution >= 0.6 is 11.6 Å². The maximum Gasteiger partial charge on any atom is 0.150 e. The van der Waals surface area contributed by atoms with Gasteiger partial charge in [0.25, 0.3) is 0 Å². The van der Waals surface area contributed by atoms with Crippen LogP contribution in [-0.2, 0) is 4.74 Å². The summed E-state index contributed by atoms with van der Waals surface area (Å²) in [6.07, 6.45) is 1.77. The number of rotatable bonds is 3. The Hall–Kier alpha value is -0.870. The van der Waals surface area contributed by atoms with Crippen molar-refractivity contribution < 1.29 is 13.5 Å². The van der Waals surface area contributed by atoms with E-state index in [0.717, 1.165) is 25.0 Å². The number of ether oxygens (including phenoxy) is 1. The summed E-state index contributed by atoms with van der Waals surface area (Å²) in [6, 6.07) is 2.31. The predicted octanol–water partition coefficient (Wildman–Crippen LogP) is 3.48. The highest BCUT2D eigenvalue weighted by Crippen LogP contribution is 2.30. The summed E-state index contributed by atoms with van der Waals surface area (Å²) < 4.78 is 32.6. The van der Waals surface area contributed by atoms with Crippen LogP contribution in [0.25, 0.3) is 0 Å². The highest BCUT2D eigenvalue weighted by molar-refractivity contribution is 6.30. The molecule has 18 heavy (non-hydrogen) atoms. The molecule has 2 rings (SSSR count). The third-order valence-corrected chi connectivity index (χ3v) is 3.53. The monoisotopic (exact) mass is 275 g/mol. The van der Waals surface area contributed by atoms with E-state index in [1.807, 2.05) is 0 Å². The second kappa shape index (κ2) is 5.85. The van der Waals surface area contributed by atoms with Crippen LogP contribution in [0.3, 0.4) is 0 Å². The molecule has 1 fully saturated rings. The number of anilines is 1. The van der Waals surface area contributed by atoms with Crippen molar-refractivity contribution in [3.05, 3.63) is 28.8 Å². The highest BCUT2D eigenvalue weighted by Gasteiger charge is 2.24. The molecule has 0 bridgehead atoms. The number of nitrogens with zero attached hydrogens (tertiary/aromatic N) is 1. The highest BCUT2D eigenvalue weighted by atomic mass is 35.5. The van der Waals surface area contributed by atoms with Gasteiger partial charge in [-0.25, -0.2) is 8.78 Å². The molecule has 100 valence electrons. The number of hydrogen-bond donors (Lipinski definition) is 0. The molecule has 0 aromatic heterocycles. The van der Waals surface area contributed by atoms with Crippen LogP contribution in [-0.4, -0.2) is 26.8 Å². The van der Waals surface area contributed by atoms with Gasteiger partial charge in [-0.3, -0.25) is 0 Å². The topological polar surface area (TPSA) is 12.5 Å². The first kappa shape index (κ1) is 13.6. The summed E-state index contributed by atoms with van der Waals surface area (Å²) >= 11 is 5.61. The van der Waals surface area contributed by atoms with Crippen molar-refractivity contribution in [1.29, 1.82) is 0 Å². The molecule has 1 aromatic carbocycles. The molecule has 1 saturated heterocycles. The van der Waals surface area contributed by atoms with E-state index in [-0.39, 0.29) is 10.7 Å². The molecule has 1 heterocycles. The van der Waals surface area contributed by atoms with Crippen molar-refractivity contribution in [3.8, 4) is 0 Å². The Morgan fingerprint density at radius 1 is 1.28 bits per heavy atom. The fraction of sp³-hybridized carbons (Fsp3) is 0.538. The van der Waals surface area contributed by atoms with E-state index in [1.165, 1.54) is 0 Å². The van der Waals surface area contributed by atoms with Gasteiger partial charge in [0.15, 0.2) is 11.6 Å². The molecule has 2 nitrogen and oxygen atoms in total. The lowest BCUT2D eigenvalue weighted by Gasteiger charge is -2.33. The van der Waals surface area contributed by atoms with Gasteiger partial charge >= 0.3 is 0 Å². The van der Waals surface area contributed by atoms with Crippen molar-refractivity contribution in [2.24, 2.45) is 5.92 Å². The van der Waals surface area contributed by atoms with Gasteiger partial charge < -0.3 is 9.64 Å². The van der Waals surface area contributed by atoms with E-state index in [4.69, 9.17) is 16.3 Å². The number of halogens is 3. The first-order valence-electron chi connectivity index (χ1n) is 6.00. The minimum absolute atomic E-state index is 0.0373. The predicted molar refractivity (Wildman–Crippen MR) is 68.2 cm³/mol. The standard InChI is InChI=1S/C13H16ClF2NO/c1-18-8-9-2-4-17(5-3-9)13-11(15)6-10(14)7-12(13)16/h6-7,9H,2-5,8H2,1H3. The van der Waals surface area contributed by atoms with Crippen LogP contribution in [0.2, 0.25) is 5.02 Å². The Morgan fingerprint density at radius 2 is 1.83 bits per heavy atom. The molecule has 0 amide bonds. The zero-order valence-corrected chi connectivity index (χ0v) is 11.0. The minimum Gasteiger partial charge on any atom is -0.384 e. The molecule has 1 aliphatic rings. The molecular formula is C13H16ClF2NO. The molecule has 0 spiro atoms. The van der Waals surface area contributed by atoms with Gasteiger partial charge in [0.2, 0.25) is 0 Å². The first-order chi connectivity index (χ1) is 8.61. The number of benzene rings is 1. The number of piperidine rings is 1. The molecule has 1 aliphatic heterocycles. The van der Waals surface area contributed by atoms with Crippen LogP contribution in [0.5, 0.6) is 0 Å². The quantitative estimate of drug-likeness (QED) is 0.837. The third kappa shape index (κ3) is 2.93. The zero-order chi connectivity index (χ0) is 13.1. The van der Waals surface area contributed by atoms with Crippen molar-refractivity contribution in [1.82, 2.24) is 0 Å². The smallest absolute Gasteiger partial charge is 0.150 e. The van der Waals surface area contributed by atoms with E-state index in [9.17, 15) is 8.78 Å². The van der Waals surface area contributed by atoms with E-state index in [1.54, 1.807) is 12.0 Å². The fourth-order valence-corrected chi connectivity index (χ4v) is 2.59. The van der Waals surface area contributed by atoms with Crippen LogP contribution in [0, 0.1) is 17.6 Å². The maximum atomic E-state index is 13.8. The fourth-order valence-electron chi connectivity index (χ4n) is 2.40. The Bertz CT molecular complexity index is 396. The Morgan fingerprint density at radius 3 is 2.33 bits per heavy atom. The van der Waals surface area contributed by atoms with E-state index in [2.05, 4.69) is 0 Å². The van der Waals surface area contributed by atoms with Gasteiger partial charge in [-0.2, -0.15) is 0 Å². The van der Waals surface area contributed by atoms with E-state index in [0.29, 0.717) is 25.6 Å². The molecule has 0 aliphatic carbocycles. The van der Waals surface area contributed by atoms with Crippen LogP contribution in [0.15, 0.2) is 12.1 Å². The Balaban J connectivity index is 2.10. The maximum absolute atomic E-state index is 13.8. The van der Waals surface area contributed by atoms with E-state index < -0.39 is 11.6 Å². The molecule has 0 unspecified atom stereocenters. The van der Waals surface area contributed by atoms with Gasteiger partial charge in [-0.15, -0.1) is 0 Å². The number of methoxy groups -OCH3 is 1. The molecule has 1 aromatic rings. The van der Waals surface area contributed by atoms with Crippen LogP contribution in [0.4, 0.5) is 14.5 Å². The Kier molecular flexibility index (Phi) is 4.40. The van der Waals surface area contributed by atoms with Crippen molar-refractivity contribution in [3.63, 3.8) is 0 Å². The summed E-state index contributed by atoms with van der Waals surface area (Å²) in [6.45, 7) is 1.99. The molecule has 0 atom stereocenters. The average Bonchev–Trinajstić information content (AvgIpc) is 2.30. The van der Waals surface area contributed by atoms with Gasteiger partial charge in [-0.05, 0) is 30.9 Å². The summed E-state index contributed by atoms with van der Waals surface area (Å²) in [5, 5.41) is 0.0861. The molecule has 0 saturated carbocycles. The molecule has 0 radical (unpaired) electrons. The summed E-state index contributed by atoms with van der Waals surface area (Å²) in [4.78, 5) is 1.74. The van der Waals surface area contributed by atoms with Gasteiger partial charge in [0.05, 0.1) is 0 Å². The van der Waals surface area contributed by atoms with Crippen molar-refractivity contribution >= 4 is 17.3 Å². The normalized spacial score (nSPS) is 17.2. The van der Waals surface area contributed by atoms with Gasteiger partial charge in [0, 0.05) is 31.8 Å². The molecule has 5 heteroatoms. The van der Waals surface area contributed by atoms with Gasteiger partial charge in [0.1, 0.15) is 5.69 Å². The summed E-state index contributed by atoms with van der Waals surface area (Å²) in [7, 11) is 1.67. The van der Waals surface area contributed by atoms with Crippen molar-refractivity contribution in [2.45, 2.75) is 12.8 Å². The SMILES string of the molecule is COCC1CCN(c2c(F)cc(Cl)cc2F)CC1. The van der Waals surface area contributed by atoms with Gasteiger partial charge in [-0.1, -0.05) is 11.6 Å². The second-order valence-corrected chi connectivity index (χ2v) is 5.04. The lowest BCUT2D eigenvalue weighted by atomic mass is 9.97. The average molecular weight is 276 g/mol. The summed E-state index contributed by atoms with van der Waals surface area (Å²) in [5.74, 6) is -0.708. The lowest BCUT2D eigenvalue weighted by Crippen LogP contribution is -2.36. The zero-order valence-electron chi connectivity index (χ0n) is 10.3. The lowest BCUT2D eigenvalue weighted by molar-refractivity contribution is 0.139.